The van der Waals surface area contributed by atoms with E-state index in [0.717, 1.165) is 48.9 Å². The standard InChI is InChI=1S/C22H13ClO/c23-20-13-12-15(14-6-1-2-7-16(14)20)18-9-5-10-19-17-8-3-4-11-21(17)24-22(18)19/h1-13H. The number of furan rings is 1. The summed E-state index contributed by atoms with van der Waals surface area (Å²) >= 11 is 6.38. The third-order valence-corrected chi connectivity index (χ3v) is 4.89. The second-order valence-corrected chi connectivity index (χ2v) is 6.33. The molecule has 0 amide bonds. The lowest BCUT2D eigenvalue weighted by molar-refractivity contribution is 0.670. The van der Waals surface area contributed by atoms with Gasteiger partial charge in [0.25, 0.3) is 0 Å². The molecule has 0 saturated carbocycles. The van der Waals surface area contributed by atoms with Crippen LogP contribution in [0.5, 0.6) is 0 Å². The summed E-state index contributed by atoms with van der Waals surface area (Å²) < 4.78 is 6.18. The predicted molar refractivity (Wildman–Crippen MR) is 102 cm³/mol. The zero-order valence-electron chi connectivity index (χ0n) is 12.8. The van der Waals surface area contributed by atoms with Crippen LogP contribution in [-0.4, -0.2) is 0 Å². The van der Waals surface area contributed by atoms with Crippen molar-refractivity contribution < 1.29 is 4.42 Å². The van der Waals surface area contributed by atoms with Crippen molar-refractivity contribution in [2.24, 2.45) is 0 Å². The van der Waals surface area contributed by atoms with E-state index in [2.05, 4.69) is 42.5 Å². The molecule has 1 aromatic heterocycles. The Morgan fingerprint density at radius 2 is 1.25 bits per heavy atom. The van der Waals surface area contributed by atoms with Gasteiger partial charge in [0.05, 0.1) is 0 Å². The van der Waals surface area contributed by atoms with E-state index in [4.69, 9.17) is 16.0 Å². The van der Waals surface area contributed by atoms with E-state index in [0.29, 0.717) is 0 Å². The van der Waals surface area contributed by atoms with Crippen molar-refractivity contribution in [2.75, 3.05) is 0 Å². The molecule has 5 aromatic rings. The average molecular weight is 329 g/mol. The first-order chi connectivity index (χ1) is 11.8. The minimum Gasteiger partial charge on any atom is -0.455 e. The lowest BCUT2D eigenvalue weighted by Crippen LogP contribution is -1.83. The third kappa shape index (κ3) is 1.88. The molecule has 1 heterocycles. The van der Waals surface area contributed by atoms with E-state index in [1.54, 1.807) is 0 Å². The van der Waals surface area contributed by atoms with Crippen LogP contribution in [0.1, 0.15) is 0 Å². The van der Waals surface area contributed by atoms with Gasteiger partial charge in [-0.05, 0) is 23.1 Å². The van der Waals surface area contributed by atoms with Crippen LogP contribution in [0.4, 0.5) is 0 Å². The third-order valence-electron chi connectivity index (χ3n) is 4.57. The van der Waals surface area contributed by atoms with Gasteiger partial charge in [-0.3, -0.25) is 0 Å². The van der Waals surface area contributed by atoms with Crippen molar-refractivity contribution in [1.82, 2.24) is 0 Å². The van der Waals surface area contributed by atoms with E-state index in [9.17, 15) is 0 Å². The number of benzene rings is 4. The quantitative estimate of drug-likeness (QED) is 0.321. The minimum absolute atomic E-state index is 0.770. The molecule has 0 unspecified atom stereocenters. The Morgan fingerprint density at radius 3 is 2.12 bits per heavy atom. The highest BCUT2D eigenvalue weighted by Gasteiger charge is 2.14. The lowest BCUT2D eigenvalue weighted by Gasteiger charge is -2.09. The van der Waals surface area contributed by atoms with Gasteiger partial charge in [-0.15, -0.1) is 0 Å². The van der Waals surface area contributed by atoms with E-state index in [1.165, 1.54) is 0 Å². The van der Waals surface area contributed by atoms with E-state index >= 15 is 0 Å². The lowest BCUT2D eigenvalue weighted by atomic mass is 9.96. The van der Waals surface area contributed by atoms with E-state index in [1.807, 2.05) is 36.4 Å². The summed E-state index contributed by atoms with van der Waals surface area (Å²) in [4.78, 5) is 0. The van der Waals surface area contributed by atoms with Crippen LogP contribution in [0.25, 0.3) is 43.8 Å². The maximum atomic E-state index is 6.38. The maximum Gasteiger partial charge on any atom is 0.143 e. The number of para-hydroxylation sites is 2. The fourth-order valence-corrected chi connectivity index (χ4v) is 3.68. The van der Waals surface area contributed by atoms with Crippen LogP contribution >= 0.6 is 11.6 Å². The maximum absolute atomic E-state index is 6.38. The summed E-state index contributed by atoms with van der Waals surface area (Å²) in [7, 11) is 0. The van der Waals surface area contributed by atoms with Crippen molar-refractivity contribution in [3.05, 3.63) is 83.9 Å². The monoisotopic (exact) mass is 328 g/mol. The fraction of sp³-hybridized carbons (Fsp3) is 0. The molecule has 0 spiro atoms. The number of hydrogen-bond donors (Lipinski definition) is 0. The molecular weight excluding hydrogens is 316 g/mol. The van der Waals surface area contributed by atoms with Gasteiger partial charge in [-0.1, -0.05) is 78.3 Å². The van der Waals surface area contributed by atoms with Gasteiger partial charge in [0.15, 0.2) is 0 Å². The Kier molecular flexibility index (Phi) is 2.91. The largest absolute Gasteiger partial charge is 0.455 e. The van der Waals surface area contributed by atoms with Gasteiger partial charge < -0.3 is 4.42 Å². The zero-order chi connectivity index (χ0) is 16.1. The fourth-order valence-electron chi connectivity index (χ4n) is 3.46. The summed E-state index contributed by atoms with van der Waals surface area (Å²) in [5, 5.41) is 5.25. The molecule has 0 aliphatic rings. The van der Waals surface area contributed by atoms with Crippen LogP contribution in [0.15, 0.2) is 83.3 Å². The SMILES string of the molecule is Clc1ccc(-c2cccc3c2oc2ccccc23)c2ccccc12. The van der Waals surface area contributed by atoms with Crippen LogP contribution < -0.4 is 0 Å². The molecule has 0 atom stereocenters. The first-order valence-corrected chi connectivity index (χ1v) is 8.28. The molecule has 0 bridgehead atoms. The molecule has 5 rings (SSSR count). The van der Waals surface area contributed by atoms with Gasteiger partial charge >= 0.3 is 0 Å². The Bertz CT molecular complexity index is 1220. The molecule has 2 heteroatoms. The predicted octanol–water partition coefficient (Wildman–Crippen LogP) is 7.06. The van der Waals surface area contributed by atoms with Crippen molar-refractivity contribution in [3.8, 4) is 11.1 Å². The number of hydrogen-bond acceptors (Lipinski definition) is 1. The molecular formula is C22H13ClO. The highest BCUT2D eigenvalue weighted by Crippen LogP contribution is 2.39. The van der Waals surface area contributed by atoms with Crippen LogP contribution in [0.3, 0.4) is 0 Å². The van der Waals surface area contributed by atoms with Gasteiger partial charge in [-0.2, -0.15) is 0 Å². The van der Waals surface area contributed by atoms with Crippen molar-refractivity contribution >= 4 is 44.3 Å². The van der Waals surface area contributed by atoms with Gasteiger partial charge in [0, 0.05) is 26.7 Å². The van der Waals surface area contributed by atoms with Gasteiger partial charge in [0.1, 0.15) is 11.2 Å². The minimum atomic E-state index is 0.770. The Hall–Kier alpha value is -2.77. The molecule has 0 N–H and O–H groups in total. The highest BCUT2D eigenvalue weighted by atomic mass is 35.5. The summed E-state index contributed by atoms with van der Waals surface area (Å²) in [6, 6.07) is 26.7. The molecule has 0 saturated heterocycles. The molecule has 1 nitrogen and oxygen atoms in total. The Balaban J connectivity index is 1.92. The number of fused-ring (bicyclic) bond motifs is 4. The first kappa shape index (κ1) is 13.6. The second-order valence-electron chi connectivity index (χ2n) is 5.92. The summed E-state index contributed by atoms with van der Waals surface area (Å²) in [6.45, 7) is 0. The Morgan fingerprint density at radius 1 is 0.542 bits per heavy atom. The van der Waals surface area contributed by atoms with E-state index < -0.39 is 0 Å². The van der Waals surface area contributed by atoms with Gasteiger partial charge in [-0.25, -0.2) is 0 Å². The normalized spacial score (nSPS) is 11.5. The second kappa shape index (κ2) is 5.12. The molecule has 24 heavy (non-hydrogen) atoms. The average Bonchev–Trinajstić information content (AvgIpc) is 3.01. The molecule has 0 aliphatic heterocycles. The van der Waals surface area contributed by atoms with E-state index in [-0.39, 0.29) is 0 Å². The molecule has 0 fully saturated rings. The molecule has 0 radical (unpaired) electrons. The number of rotatable bonds is 1. The van der Waals surface area contributed by atoms with Crippen molar-refractivity contribution in [2.45, 2.75) is 0 Å². The zero-order valence-corrected chi connectivity index (χ0v) is 13.5. The van der Waals surface area contributed by atoms with Crippen LogP contribution in [0.2, 0.25) is 5.02 Å². The van der Waals surface area contributed by atoms with Gasteiger partial charge in [0.2, 0.25) is 0 Å². The molecule has 0 aliphatic carbocycles. The Labute approximate surface area is 144 Å². The molecule has 114 valence electrons. The van der Waals surface area contributed by atoms with Crippen LogP contribution in [-0.2, 0) is 0 Å². The smallest absolute Gasteiger partial charge is 0.143 e. The van der Waals surface area contributed by atoms with Crippen molar-refractivity contribution in [3.63, 3.8) is 0 Å². The van der Waals surface area contributed by atoms with Crippen LogP contribution in [0, 0.1) is 0 Å². The molecule has 4 aromatic carbocycles. The summed E-state index contributed by atoms with van der Waals surface area (Å²) in [5.41, 5.74) is 4.07. The first-order valence-electron chi connectivity index (χ1n) is 7.91. The number of halogens is 1. The topological polar surface area (TPSA) is 13.1 Å². The summed E-state index contributed by atoms with van der Waals surface area (Å²) in [5.74, 6) is 0. The highest BCUT2D eigenvalue weighted by molar-refractivity contribution is 6.36. The van der Waals surface area contributed by atoms with Crippen molar-refractivity contribution in [1.29, 1.82) is 0 Å². The summed E-state index contributed by atoms with van der Waals surface area (Å²) in [6.07, 6.45) is 0.